The van der Waals surface area contributed by atoms with Crippen molar-refractivity contribution in [1.82, 2.24) is 9.88 Å². The second-order valence-corrected chi connectivity index (χ2v) is 8.28. The molecule has 3 heterocycles. The summed E-state index contributed by atoms with van der Waals surface area (Å²) in [5, 5.41) is 5.97. The Labute approximate surface area is 144 Å². The first kappa shape index (κ1) is 15.1. The first-order chi connectivity index (χ1) is 11.3. The Balaban J connectivity index is 1.51. The van der Waals surface area contributed by atoms with Crippen LogP contribution in [0, 0.1) is 0 Å². The molecule has 2 aliphatic rings. The van der Waals surface area contributed by atoms with Crippen molar-refractivity contribution in [3.05, 3.63) is 32.5 Å². The third-order valence-corrected chi connectivity index (χ3v) is 6.87. The molecule has 0 aromatic carbocycles. The summed E-state index contributed by atoms with van der Waals surface area (Å²) in [6, 6.07) is 2.37. The van der Waals surface area contributed by atoms with E-state index >= 15 is 0 Å². The number of rotatable bonds is 2. The van der Waals surface area contributed by atoms with E-state index in [2.05, 4.69) is 28.7 Å². The normalized spacial score (nSPS) is 20.0. The Morgan fingerprint density at radius 1 is 1.35 bits per heavy atom. The topological polar surface area (TPSA) is 45.2 Å². The second-order valence-electron chi connectivity index (χ2n) is 6.19. The van der Waals surface area contributed by atoms with Gasteiger partial charge in [0.15, 0.2) is 5.13 Å². The molecule has 1 aliphatic carbocycles. The van der Waals surface area contributed by atoms with Gasteiger partial charge >= 0.3 is 6.03 Å². The van der Waals surface area contributed by atoms with Gasteiger partial charge in [0, 0.05) is 16.3 Å². The summed E-state index contributed by atoms with van der Waals surface area (Å²) in [4.78, 5) is 22.2. The minimum atomic E-state index is -0.000188. The monoisotopic (exact) mass is 347 g/mol. The van der Waals surface area contributed by atoms with Gasteiger partial charge in [-0.1, -0.05) is 6.92 Å². The maximum atomic E-state index is 12.8. The zero-order chi connectivity index (χ0) is 15.8. The van der Waals surface area contributed by atoms with Crippen molar-refractivity contribution < 1.29 is 4.79 Å². The molecule has 1 N–H and O–H groups in total. The summed E-state index contributed by atoms with van der Waals surface area (Å²) in [5.74, 6) is 0. The quantitative estimate of drug-likeness (QED) is 0.861. The van der Waals surface area contributed by atoms with E-state index in [1.165, 1.54) is 33.9 Å². The molecule has 0 spiro atoms. The van der Waals surface area contributed by atoms with Crippen LogP contribution < -0.4 is 5.32 Å². The Hall–Kier alpha value is -1.40. The molecular weight excluding hydrogens is 326 g/mol. The van der Waals surface area contributed by atoms with E-state index in [1.807, 2.05) is 16.2 Å². The summed E-state index contributed by atoms with van der Waals surface area (Å²) in [6.45, 7) is 2.95. The van der Waals surface area contributed by atoms with E-state index in [0.717, 1.165) is 37.4 Å². The molecule has 6 heteroatoms. The number of thiophene rings is 1. The molecule has 1 atom stereocenters. The summed E-state index contributed by atoms with van der Waals surface area (Å²) in [5.41, 5.74) is 2.53. The highest BCUT2D eigenvalue weighted by Crippen LogP contribution is 2.36. The van der Waals surface area contributed by atoms with Crippen molar-refractivity contribution in [2.45, 2.75) is 51.5 Å². The highest BCUT2D eigenvalue weighted by molar-refractivity contribution is 7.15. The van der Waals surface area contributed by atoms with Crippen molar-refractivity contribution in [3.8, 4) is 0 Å². The third-order valence-electron chi connectivity index (χ3n) is 4.80. The van der Waals surface area contributed by atoms with Crippen LogP contribution in [0.1, 0.15) is 53.2 Å². The maximum Gasteiger partial charge on any atom is 0.324 e. The van der Waals surface area contributed by atoms with E-state index < -0.39 is 0 Å². The highest BCUT2D eigenvalue weighted by atomic mass is 32.1. The minimum absolute atomic E-state index is 0.000188. The third kappa shape index (κ3) is 2.78. The highest BCUT2D eigenvalue weighted by Gasteiger charge is 2.31. The average Bonchev–Trinajstić information content (AvgIpc) is 3.19. The van der Waals surface area contributed by atoms with Crippen molar-refractivity contribution >= 4 is 33.8 Å². The number of hydrogen-bond acceptors (Lipinski definition) is 4. The lowest BCUT2D eigenvalue weighted by molar-refractivity contribution is 0.181. The fourth-order valence-corrected chi connectivity index (χ4v) is 5.62. The predicted octanol–water partition coefficient (Wildman–Crippen LogP) is 4.62. The second kappa shape index (κ2) is 6.24. The molecule has 1 aliphatic heterocycles. The summed E-state index contributed by atoms with van der Waals surface area (Å²) < 4.78 is 0. The number of thiazole rings is 1. The lowest BCUT2D eigenvalue weighted by atomic mass is 9.98. The van der Waals surface area contributed by atoms with Gasteiger partial charge in [-0.2, -0.15) is 0 Å². The summed E-state index contributed by atoms with van der Waals surface area (Å²) in [7, 11) is 0. The van der Waals surface area contributed by atoms with Crippen LogP contribution >= 0.6 is 22.7 Å². The van der Waals surface area contributed by atoms with Gasteiger partial charge in [-0.3, -0.25) is 5.32 Å². The number of anilines is 1. The number of nitrogens with one attached hydrogen (secondary N) is 1. The summed E-state index contributed by atoms with van der Waals surface area (Å²) in [6.07, 6.45) is 6.54. The van der Waals surface area contributed by atoms with Crippen LogP contribution in [0.3, 0.4) is 0 Å². The lowest BCUT2D eigenvalue weighted by Crippen LogP contribution is -2.41. The number of fused-ring (bicyclic) bond motifs is 2. The maximum absolute atomic E-state index is 12.8. The van der Waals surface area contributed by atoms with Crippen molar-refractivity contribution in [2.75, 3.05) is 11.9 Å². The molecule has 23 heavy (non-hydrogen) atoms. The molecule has 0 bridgehead atoms. The average molecular weight is 348 g/mol. The van der Waals surface area contributed by atoms with Gasteiger partial charge < -0.3 is 4.90 Å². The zero-order valence-corrected chi connectivity index (χ0v) is 14.9. The first-order valence-corrected chi connectivity index (χ1v) is 10.1. The summed E-state index contributed by atoms with van der Waals surface area (Å²) >= 11 is 3.47. The number of aromatic nitrogens is 1. The van der Waals surface area contributed by atoms with Crippen LogP contribution in [0.5, 0.6) is 0 Å². The minimum Gasteiger partial charge on any atom is -0.317 e. The van der Waals surface area contributed by atoms with Crippen LogP contribution in [0.4, 0.5) is 9.93 Å². The SMILES string of the molecule is CCC1c2ccsc2CCN1C(=O)Nc1nc2c(s1)CCCC2. The molecule has 0 radical (unpaired) electrons. The molecule has 0 fully saturated rings. The van der Waals surface area contributed by atoms with Crippen molar-refractivity contribution in [2.24, 2.45) is 0 Å². The van der Waals surface area contributed by atoms with Crippen LogP contribution in [-0.4, -0.2) is 22.5 Å². The molecule has 2 aromatic heterocycles. The Kier molecular flexibility index (Phi) is 4.11. The number of carbonyl (C=O) groups excluding carboxylic acids is 1. The predicted molar refractivity (Wildman–Crippen MR) is 95.5 cm³/mol. The van der Waals surface area contributed by atoms with Gasteiger partial charge in [-0.25, -0.2) is 9.78 Å². The lowest BCUT2D eigenvalue weighted by Gasteiger charge is -2.35. The molecule has 2 aromatic rings. The standard InChI is InChI=1S/C17H21N3OS2/c1-2-13-11-8-10-22-14(11)7-9-20(13)17(21)19-16-18-12-5-3-4-6-15(12)23-16/h8,10,13H,2-7,9H2,1H3,(H,18,19,21). The van der Waals surface area contributed by atoms with Gasteiger partial charge in [0.25, 0.3) is 0 Å². The van der Waals surface area contributed by atoms with Crippen molar-refractivity contribution in [3.63, 3.8) is 0 Å². The molecule has 2 amide bonds. The van der Waals surface area contributed by atoms with E-state index in [1.54, 1.807) is 11.3 Å². The molecule has 0 saturated carbocycles. The fourth-order valence-electron chi connectivity index (χ4n) is 3.65. The Morgan fingerprint density at radius 2 is 2.22 bits per heavy atom. The fraction of sp³-hybridized carbons (Fsp3) is 0.529. The van der Waals surface area contributed by atoms with E-state index in [0.29, 0.717) is 0 Å². The molecule has 4 rings (SSSR count). The zero-order valence-electron chi connectivity index (χ0n) is 13.3. The molecule has 0 saturated heterocycles. The molecule has 122 valence electrons. The Morgan fingerprint density at radius 3 is 3.04 bits per heavy atom. The van der Waals surface area contributed by atoms with E-state index in [9.17, 15) is 4.79 Å². The number of carbonyl (C=O) groups is 1. The number of amides is 2. The van der Waals surface area contributed by atoms with Gasteiger partial charge in [-0.15, -0.1) is 22.7 Å². The van der Waals surface area contributed by atoms with Crippen LogP contribution in [-0.2, 0) is 19.3 Å². The number of hydrogen-bond donors (Lipinski definition) is 1. The largest absolute Gasteiger partial charge is 0.324 e. The van der Waals surface area contributed by atoms with Crippen molar-refractivity contribution in [1.29, 1.82) is 0 Å². The molecule has 1 unspecified atom stereocenters. The van der Waals surface area contributed by atoms with E-state index in [4.69, 9.17) is 0 Å². The van der Waals surface area contributed by atoms with Crippen LogP contribution in [0.25, 0.3) is 0 Å². The molecule has 4 nitrogen and oxygen atoms in total. The molecular formula is C17H21N3OS2. The number of nitrogens with zero attached hydrogens (tertiary/aromatic N) is 2. The number of urea groups is 1. The van der Waals surface area contributed by atoms with Gasteiger partial charge in [0.1, 0.15) is 0 Å². The first-order valence-electron chi connectivity index (χ1n) is 8.38. The van der Waals surface area contributed by atoms with Crippen LogP contribution in [0.15, 0.2) is 11.4 Å². The van der Waals surface area contributed by atoms with Gasteiger partial charge in [0.2, 0.25) is 0 Å². The van der Waals surface area contributed by atoms with Crippen LogP contribution in [0.2, 0.25) is 0 Å². The van der Waals surface area contributed by atoms with Gasteiger partial charge in [-0.05, 0) is 55.5 Å². The smallest absolute Gasteiger partial charge is 0.317 e. The Bertz CT molecular complexity index is 698. The number of aryl methyl sites for hydroxylation is 2. The van der Waals surface area contributed by atoms with Gasteiger partial charge in [0.05, 0.1) is 11.7 Å². The van der Waals surface area contributed by atoms with E-state index in [-0.39, 0.29) is 12.1 Å².